The summed E-state index contributed by atoms with van der Waals surface area (Å²) in [7, 11) is 0. The van der Waals surface area contributed by atoms with Crippen LogP contribution in [0.4, 0.5) is 13.2 Å². The number of rotatable bonds is 4. The van der Waals surface area contributed by atoms with E-state index in [-0.39, 0.29) is 29.1 Å². The molecule has 184 valence electrons. The second-order valence-corrected chi connectivity index (χ2v) is 9.62. The smallest absolute Gasteiger partial charge is 0.387 e. The van der Waals surface area contributed by atoms with Gasteiger partial charge in [-0.1, -0.05) is 12.1 Å². The lowest BCUT2D eigenvalue weighted by Crippen LogP contribution is -2.20. The van der Waals surface area contributed by atoms with Gasteiger partial charge in [0.1, 0.15) is 22.8 Å². The molecule has 7 nitrogen and oxygen atoms in total. The Kier molecular flexibility index (Phi) is 4.95. The number of pyridine rings is 1. The molecule has 0 radical (unpaired) electrons. The molecule has 4 heterocycles. The monoisotopic (exact) mass is 493 g/mol. The molecule has 1 aliphatic carbocycles. The molecule has 2 atom stereocenters. The van der Waals surface area contributed by atoms with Gasteiger partial charge in [0.15, 0.2) is 5.82 Å². The number of nitrogens with zero attached hydrogens (tertiary/aromatic N) is 5. The van der Waals surface area contributed by atoms with Gasteiger partial charge in [0.25, 0.3) is 0 Å². The van der Waals surface area contributed by atoms with Crippen LogP contribution in [0.1, 0.15) is 66.3 Å². The minimum absolute atomic E-state index is 0.0937. The van der Waals surface area contributed by atoms with Gasteiger partial charge in [0.2, 0.25) is 0 Å². The van der Waals surface area contributed by atoms with Gasteiger partial charge < -0.3 is 14.2 Å². The van der Waals surface area contributed by atoms with Crippen molar-refractivity contribution in [3.63, 3.8) is 0 Å². The zero-order valence-corrected chi connectivity index (χ0v) is 19.7. The standard InChI is InChI=1S/C26H22F3N5O2/c1-12-15(10-31-24(32-12)26(2,3)35)16-11-34-20(8-17(16)27)33-22-18-7-14(23(22)34)21-13(9-30-18)5-4-6-19(21)36-25(28)29/h4-6,8-11,14,18,25,35H,7H2,1-3H3/t14-,18-/m1/s1. The van der Waals surface area contributed by atoms with Crippen molar-refractivity contribution in [2.75, 3.05) is 0 Å². The van der Waals surface area contributed by atoms with Gasteiger partial charge >= 0.3 is 6.61 Å². The van der Waals surface area contributed by atoms with Crippen molar-refractivity contribution in [2.45, 2.75) is 51.4 Å². The van der Waals surface area contributed by atoms with Crippen LogP contribution in [0.3, 0.4) is 0 Å². The molecule has 0 saturated carbocycles. The summed E-state index contributed by atoms with van der Waals surface area (Å²) >= 11 is 0. The summed E-state index contributed by atoms with van der Waals surface area (Å²) in [6.45, 7) is 1.92. The predicted molar refractivity (Wildman–Crippen MR) is 126 cm³/mol. The highest BCUT2D eigenvalue weighted by Crippen LogP contribution is 2.51. The van der Waals surface area contributed by atoms with Crippen LogP contribution < -0.4 is 4.74 Å². The number of aliphatic imine (C=N–C) groups is 1. The summed E-state index contributed by atoms with van der Waals surface area (Å²) in [4.78, 5) is 17.9. The van der Waals surface area contributed by atoms with Crippen molar-refractivity contribution in [2.24, 2.45) is 4.99 Å². The minimum Gasteiger partial charge on any atom is -0.434 e. The third kappa shape index (κ3) is 3.47. The summed E-state index contributed by atoms with van der Waals surface area (Å²) in [6.07, 6.45) is 5.35. The summed E-state index contributed by atoms with van der Waals surface area (Å²) in [6, 6.07) is 6.06. The average Bonchev–Trinajstić information content (AvgIpc) is 3.25. The number of aliphatic hydroxyl groups is 1. The van der Waals surface area contributed by atoms with E-state index in [0.717, 1.165) is 5.69 Å². The summed E-state index contributed by atoms with van der Waals surface area (Å²) in [5.41, 5.74) is 3.19. The van der Waals surface area contributed by atoms with Crippen LogP contribution in [0.15, 0.2) is 41.7 Å². The van der Waals surface area contributed by atoms with E-state index >= 15 is 4.39 Å². The van der Waals surface area contributed by atoms with Crippen LogP contribution in [0, 0.1) is 12.7 Å². The highest BCUT2D eigenvalue weighted by molar-refractivity contribution is 5.85. The Bertz CT molecular complexity index is 1560. The first kappa shape index (κ1) is 22.7. The third-order valence-electron chi connectivity index (χ3n) is 6.75. The molecule has 10 heteroatoms. The van der Waals surface area contributed by atoms with Gasteiger partial charge in [0, 0.05) is 53.0 Å². The Morgan fingerprint density at radius 2 is 2.00 bits per heavy atom. The van der Waals surface area contributed by atoms with Crippen molar-refractivity contribution in [3.8, 4) is 16.9 Å². The predicted octanol–water partition coefficient (Wildman–Crippen LogP) is 5.08. The van der Waals surface area contributed by atoms with Crippen molar-refractivity contribution < 1.29 is 23.0 Å². The Balaban J connectivity index is 1.54. The first-order valence-electron chi connectivity index (χ1n) is 11.5. The average molecular weight is 493 g/mol. The van der Waals surface area contributed by atoms with Crippen LogP contribution in [0.2, 0.25) is 0 Å². The Morgan fingerprint density at radius 1 is 1.19 bits per heavy atom. The largest absolute Gasteiger partial charge is 0.434 e. The molecule has 2 bridgehead atoms. The fourth-order valence-corrected chi connectivity index (χ4v) is 5.16. The minimum atomic E-state index is -2.97. The van der Waals surface area contributed by atoms with E-state index in [2.05, 4.69) is 19.9 Å². The molecular weight excluding hydrogens is 471 g/mol. The van der Waals surface area contributed by atoms with Crippen molar-refractivity contribution >= 4 is 11.9 Å². The Morgan fingerprint density at radius 3 is 2.72 bits per heavy atom. The molecule has 1 aliphatic heterocycles. The van der Waals surface area contributed by atoms with Gasteiger partial charge in [-0.15, -0.1) is 0 Å². The number of halogens is 3. The number of benzene rings is 1. The molecule has 4 aromatic rings. The second-order valence-electron chi connectivity index (χ2n) is 9.62. The molecule has 2 aliphatic rings. The molecule has 36 heavy (non-hydrogen) atoms. The SMILES string of the molecule is Cc1nc(C(C)(C)O)ncc1-c1cn2c3c(nc2cc1F)[C@H]1C[C@@H]3c2c(cccc2OC(F)F)C=N1. The number of hydrogen-bond acceptors (Lipinski definition) is 6. The molecule has 0 amide bonds. The summed E-state index contributed by atoms with van der Waals surface area (Å²) in [5, 5.41) is 10.2. The molecule has 3 aromatic heterocycles. The van der Waals surface area contributed by atoms with Gasteiger partial charge in [-0.05, 0) is 38.8 Å². The number of fused-ring (bicyclic) bond motifs is 9. The lowest BCUT2D eigenvalue weighted by Gasteiger charge is -2.19. The van der Waals surface area contributed by atoms with Crippen LogP contribution in [-0.2, 0) is 5.60 Å². The normalized spacial score (nSPS) is 18.4. The first-order valence-corrected chi connectivity index (χ1v) is 11.5. The molecule has 0 spiro atoms. The van der Waals surface area contributed by atoms with E-state index in [9.17, 15) is 13.9 Å². The van der Waals surface area contributed by atoms with Crippen LogP contribution in [0.25, 0.3) is 16.8 Å². The molecule has 0 fully saturated rings. The maximum Gasteiger partial charge on any atom is 0.387 e. The molecular formula is C26H22F3N5O2. The molecule has 6 rings (SSSR count). The molecule has 0 unspecified atom stereocenters. The van der Waals surface area contributed by atoms with Gasteiger partial charge in [0.05, 0.1) is 17.4 Å². The second kappa shape index (κ2) is 7.86. The van der Waals surface area contributed by atoms with Crippen LogP contribution >= 0.6 is 0 Å². The van der Waals surface area contributed by atoms with E-state index in [1.54, 1.807) is 43.6 Å². The maximum absolute atomic E-state index is 15.3. The Hall–Kier alpha value is -3.79. The van der Waals surface area contributed by atoms with E-state index in [1.807, 2.05) is 6.07 Å². The van der Waals surface area contributed by atoms with Gasteiger partial charge in [-0.3, -0.25) is 4.99 Å². The quantitative estimate of drug-likeness (QED) is 0.429. The fraction of sp³-hybridized carbons (Fsp3) is 0.308. The number of aromatic nitrogens is 4. The number of imidazole rings is 1. The Labute approximate surface area is 204 Å². The number of alkyl halides is 2. The lowest BCUT2D eigenvalue weighted by molar-refractivity contribution is -0.0505. The highest BCUT2D eigenvalue weighted by atomic mass is 19.3. The summed E-state index contributed by atoms with van der Waals surface area (Å²) < 4.78 is 48.4. The van der Waals surface area contributed by atoms with Crippen LogP contribution in [-0.4, -0.2) is 37.3 Å². The lowest BCUT2D eigenvalue weighted by atomic mass is 9.91. The van der Waals surface area contributed by atoms with E-state index in [0.29, 0.717) is 40.1 Å². The van der Waals surface area contributed by atoms with Crippen LogP contribution in [0.5, 0.6) is 5.75 Å². The fourth-order valence-electron chi connectivity index (χ4n) is 5.16. The number of aryl methyl sites for hydroxylation is 1. The van der Waals surface area contributed by atoms with E-state index in [1.165, 1.54) is 18.3 Å². The topological polar surface area (TPSA) is 84.9 Å². The summed E-state index contributed by atoms with van der Waals surface area (Å²) in [5.74, 6) is -0.487. The van der Waals surface area contributed by atoms with E-state index < -0.39 is 18.0 Å². The van der Waals surface area contributed by atoms with Gasteiger partial charge in [-0.25, -0.2) is 19.3 Å². The van der Waals surface area contributed by atoms with E-state index in [4.69, 9.17) is 4.74 Å². The maximum atomic E-state index is 15.3. The highest BCUT2D eigenvalue weighted by Gasteiger charge is 2.40. The molecule has 1 N–H and O–H groups in total. The molecule has 1 aromatic carbocycles. The third-order valence-corrected chi connectivity index (χ3v) is 6.75. The van der Waals surface area contributed by atoms with Crippen molar-refractivity contribution in [3.05, 3.63) is 76.5 Å². The number of ether oxygens (including phenoxy) is 1. The first-order chi connectivity index (χ1) is 17.1. The van der Waals surface area contributed by atoms with Crippen molar-refractivity contribution in [1.82, 2.24) is 19.4 Å². The van der Waals surface area contributed by atoms with Crippen molar-refractivity contribution in [1.29, 1.82) is 0 Å². The van der Waals surface area contributed by atoms with Gasteiger partial charge in [-0.2, -0.15) is 8.78 Å². The zero-order chi connectivity index (χ0) is 25.4. The number of hydrogen-bond donors (Lipinski definition) is 1. The molecule has 0 saturated heterocycles. The zero-order valence-electron chi connectivity index (χ0n) is 19.7.